The molecule has 2 aromatic carbocycles. The van der Waals surface area contributed by atoms with E-state index in [1.54, 1.807) is 55.8 Å². The molecule has 1 atom stereocenters. The van der Waals surface area contributed by atoms with E-state index < -0.39 is 18.4 Å². The van der Waals surface area contributed by atoms with Gasteiger partial charge in [-0.2, -0.15) is 8.78 Å². The summed E-state index contributed by atoms with van der Waals surface area (Å²) >= 11 is 0. The molecular formula is C26H25F2N3O5. The van der Waals surface area contributed by atoms with Crippen LogP contribution in [0.4, 0.5) is 14.5 Å². The van der Waals surface area contributed by atoms with Crippen LogP contribution in [0.2, 0.25) is 0 Å². The molecule has 0 radical (unpaired) electrons. The summed E-state index contributed by atoms with van der Waals surface area (Å²) in [7, 11) is 1.57. The summed E-state index contributed by atoms with van der Waals surface area (Å²) in [5, 5.41) is 2.85. The third kappa shape index (κ3) is 6.07. The van der Waals surface area contributed by atoms with E-state index in [4.69, 9.17) is 9.47 Å². The Morgan fingerprint density at radius 3 is 2.56 bits per heavy atom. The molecule has 1 aliphatic rings. The number of benzene rings is 2. The molecule has 10 heteroatoms. The number of piperidine rings is 1. The predicted octanol–water partition coefficient (Wildman–Crippen LogP) is 4.97. The third-order valence-electron chi connectivity index (χ3n) is 5.72. The van der Waals surface area contributed by atoms with Crippen LogP contribution >= 0.6 is 0 Å². The van der Waals surface area contributed by atoms with Crippen LogP contribution in [0.3, 0.4) is 0 Å². The number of likely N-dealkylation sites (tertiary alicyclic amines) is 1. The number of pyridine rings is 1. The first kappa shape index (κ1) is 24.9. The van der Waals surface area contributed by atoms with Gasteiger partial charge in [-0.25, -0.2) is 4.98 Å². The average Bonchev–Trinajstić information content (AvgIpc) is 2.90. The lowest BCUT2D eigenvalue weighted by Crippen LogP contribution is -2.44. The molecule has 0 bridgehead atoms. The maximum Gasteiger partial charge on any atom is 0.387 e. The van der Waals surface area contributed by atoms with E-state index in [1.807, 2.05) is 0 Å². The predicted molar refractivity (Wildman–Crippen MR) is 128 cm³/mol. The first-order valence-corrected chi connectivity index (χ1v) is 11.4. The van der Waals surface area contributed by atoms with E-state index in [-0.39, 0.29) is 29.6 Å². The largest absolute Gasteiger partial charge is 0.497 e. The zero-order valence-electron chi connectivity index (χ0n) is 19.5. The number of aromatic nitrogens is 1. The second-order valence-corrected chi connectivity index (χ2v) is 8.09. The van der Waals surface area contributed by atoms with Crippen molar-refractivity contribution < 1.29 is 32.6 Å². The minimum absolute atomic E-state index is 0.0290. The molecule has 8 nitrogen and oxygen atoms in total. The summed E-state index contributed by atoms with van der Waals surface area (Å²) in [5.41, 5.74) is 0.416. The standard InChI is InChI=1S/C26H25F2N3O5/c1-34-18-10-12-19(13-11-18)35-24-21(8-4-14-29-24)30-23(32)17-6-5-15-31(16-17)25(33)20-7-2-3-9-22(20)36-26(27)28/h2-4,7-14,17,26H,5-6,15-16H2,1H3,(H,30,32). The van der Waals surface area contributed by atoms with Crippen LogP contribution < -0.4 is 19.5 Å². The van der Waals surface area contributed by atoms with Gasteiger partial charge < -0.3 is 24.4 Å². The molecule has 3 aromatic rings. The highest BCUT2D eigenvalue weighted by Gasteiger charge is 2.31. The molecular weight excluding hydrogens is 472 g/mol. The van der Waals surface area contributed by atoms with Crippen molar-refractivity contribution in [1.29, 1.82) is 0 Å². The summed E-state index contributed by atoms with van der Waals surface area (Å²) in [5.74, 6) is -0.0378. The SMILES string of the molecule is COc1ccc(Oc2ncccc2NC(=O)C2CCCN(C(=O)c3ccccc3OC(F)F)C2)cc1. The molecule has 188 valence electrons. The van der Waals surface area contributed by atoms with Gasteiger partial charge in [0.1, 0.15) is 22.9 Å². The molecule has 2 amide bonds. The fourth-order valence-corrected chi connectivity index (χ4v) is 3.95. The Morgan fingerprint density at radius 2 is 1.81 bits per heavy atom. The number of methoxy groups -OCH3 is 1. The molecule has 1 N–H and O–H groups in total. The maximum atomic E-state index is 13.1. The van der Waals surface area contributed by atoms with E-state index in [9.17, 15) is 18.4 Å². The van der Waals surface area contributed by atoms with Crippen molar-refractivity contribution in [2.24, 2.45) is 5.92 Å². The number of amides is 2. The minimum atomic E-state index is -3.05. The number of rotatable bonds is 8. The lowest BCUT2D eigenvalue weighted by molar-refractivity contribution is -0.121. The Kier molecular flexibility index (Phi) is 7.94. The smallest absolute Gasteiger partial charge is 0.387 e. The lowest BCUT2D eigenvalue weighted by atomic mass is 9.96. The molecule has 0 spiro atoms. The Labute approximate surface area is 206 Å². The zero-order chi connectivity index (χ0) is 25.5. The van der Waals surface area contributed by atoms with Crippen LogP contribution in [0.1, 0.15) is 23.2 Å². The molecule has 1 unspecified atom stereocenters. The van der Waals surface area contributed by atoms with E-state index in [2.05, 4.69) is 15.0 Å². The number of alkyl halides is 2. The van der Waals surface area contributed by atoms with Crippen molar-refractivity contribution in [3.63, 3.8) is 0 Å². The van der Waals surface area contributed by atoms with Crippen LogP contribution in [0.15, 0.2) is 66.9 Å². The molecule has 0 saturated carbocycles. The van der Waals surface area contributed by atoms with Gasteiger partial charge in [-0.05, 0) is 61.4 Å². The highest BCUT2D eigenvalue weighted by molar-refractivity contribution is 5.98. The molecule has 1 fully saturated rings. The van der Waals surface area contributed by atoms with Crippen molar-refractivity contribution in [1.82, 2.24) is 9.88 Å². The number of hydrogen-bond acceptors (Lipinski definition) is 6. The third-order valence-corrected chi connectivity index (χ3v) is 5.72. The molecule has 1 aliphatic heterocycles. The molecule has 36 heavy (non-hydrogen) atoms. The Morgan fingerprint density at radius 1 is 1.06 bits per heavy atom. The van der Waals surface area contributed by atoms with Crippen LogP contribution in [-0.4, -0.2) is 48.5 Å². The van der Waals surface area contributed by atoms with E-state index >= 15 is 0 Å². The second-order valence-electron chi connectivity index (χ2n) is 8.09. The Bertz CT molecular complexity index is 1210. The van der Waals surface area contributed by atoms with Gasteiger partial charge in [-0.3, -0.25) is 9.59 Å². The van der Waals surface area contributed by atoms with E-state index in [0.717, 1.165) is 0 Å². The number of carbonyl (C=O) groups excluding carboxylic acids is 2. The van der Waals surface area contributed by atoms with Crippen LogP contribution in [-0.2, 0) is 4.79 Å². The number of hydrogen-bond donors (Lipinski definition) is 1. The van der Waals surface area contributed by atoms with Crippen LogP contribution in [0.5, 0.6) is 23.1 Å². The molecule has 2 heterocycles. The fourth-order valence-electron chi connectivity index (χ4n) is 3.95. The minimum Gasteiger partial charge on any atom is -0.497 e. The number of anilines is 1. The quantitative estimate of drug-likeness (QED) is 0.473. The topological polar surface area (TPSA) is 90.0 Å². The Hall–Kier alpha value is -4.21. The van der Waals surface area contributed by atoms with Gasteiger partial charge in [0, 0.05) is 19.3 Å². The van der Waals surface area contributed by atoms with Gasteiger partial charge in [-0.1, -0.05) is 12.1 Å². The Balaban J connectivity index is 1.44. The van der Waals surface area contributed by atoms with Gasteiger partial charge >= 0.3 is 6.61 Å². The van der Waals surface area contributed by atoms with Gasteiger partial charge in [-0.15, -0.1) is 0 Å². The van der Waals surface area contributed by atoms with Gasteiger partial charge in [0.2, 0.25) is 11.8 Å². The number of ether oxygens (including phenoxy) is 3. The number of nitrogens with one attached hydrogen (secondary N) is 1. The number of nitrogens with zero attached hydrogens (tertiary/aromatic N) is 2. The first-order valence-electron chi connectivity index (χ1n) is 11.4. The van der Waals surface area contributed by atoms with Crippen molar-refractivity contribution in [2.45, 2.75) is 19.5 Å². The second kappa shape index (κ2) is 11.5. The lowest BCUT2D eigenvalue weighted by Gasteiger charge is -2.32. The van der Waals surface area contributed by atoms with Crippen LogP contribution in [0, 0.1) is 5.92 Å². The number of para-hydroxylation sites is 1. The van der Waals surface area contributed by atoms with Gasteiger partial charge in [0.25, 0.3) is 5.91 Å². The average molecular weight is 497 g/mol. The molecule has 1 saturated heterocycles. The van der Waals surface area contributed by atoms with E-state index in [1.165, 1.54) is 23.1 Å². The normalized spacial score (nSPS) is 15.3. The highest BCUT2D eigenvalue weighted by Crippen LogP contribution is 2.30. The van der Waals surface area contributed by atoms with E-state index in [0.29, 0.717) is 36.6 Å². The summed E-state index contributed by atoms with van der Waals surface area (Å²) in [6.07, 6.45) is 2.71. The van der Waals surface area contributed by atoms with Crippen molar-refractivity contribution in [3.8, 4) is 23.1 Å². The monoisotopic (exact) mass is 497 g/mol. The molecule has 1 aromatic heterocycles. The summed E-state index contributed by atoms with van der Waals surface area (Å²) in [4.78, 5) is 31.9. The zero-order valence-corrected chi connectivity index (χ0v) is 19.5. The van der Waals surface area contributed by atoms with Crippen LogP contribution in [0.25, 0.3) is 0 Å². The maximum absolute atomic E-state index is 13.1. The van der Waals surface area contributed by atoms with Crippen molar-refractivity contribution in [2.75, 3.05) is 25.5 Å². The highest BCUT2D eigenvalue weighted by atomic mass is 19.3. The molecule has 0 aliphatic carbocycles. The fraction of sp³-hybridized carbons (Fsp3) is 0.269. The summed E-state index contributed by atoms with van der Waals surface area (Å²) in [6, 6.07) is 16.1. The van der Waals surface area contributed by atoms with Crippen molar-refractivity contribution >= 4 is 17.5 Å². The summed E-state index contributed by atoms with van der Waals surface area (Å²) < 4.78 is 41.0. The van der Waals surface area contributed by atoms with Gasteiger partial charge in [0.15, 0.2) is 0 Å². The number of halogens is 2. The van der Waals surface area contributed by atoms with Crippen molar-refractivity contribution in [3.05, 3.63) is 72.4 Å². The molecule has 4 rings (SSSR count). The van der Waals surface area contributed by atoms with Gasteiger partial charge in [0.05, 0.1) is 18.6 Å². The first-order chi connectivity index (χ1) is 17.4. The number of carbonyl (C=O) groups is 2. The summed E-state index contributed by atoms with van der Waals surface area (Å²) in [6.45, 7) is -2.50.